The third-order valence-corrected chi connectivity index (χ3v) is 7.11. The van der Waals surface area contributed by atoms with Gasteiger partial charge >= 0.3 is 6.03 Å². The molecule has 0 bridgehead atoms. The zero-order valence-corrected chi connectivity index (χ0v) is 19.0. The molecule has 1 aromatic carbocycles. The van der Waals surface area contributed by atoms with Gasteiger partial charge in [-0.25, -0.2) is 4.79 Å². The van der Waals surface area contributed by atoms with Gasteiger partial charge in [0.05, 0.1) is 23.9 Å². The zero-order valence-electron chi connectivity index (χ0n) is 18.2. The molecule has 3 saturated heterocycles. The predicted octanol–water partition coefficient (Wildman–Crippen LogP) is 2.61. The maximum atomic E-state index is 12.7. The van der Waals surface area contributed by atoms with Crippen LogP contribution in [0.2, 0.25) is 5.02 Å². The van der Waals surface area contributed by atoms with E-state index in [2.05, 4.69) is 21.0 Å². The Kier molecular flexibility index (Phi) is 5.92. The molecule has 0 N–H and O–H groups in total. The number of aromatic nitrogens is 2. The van der Waals surface area contributed by atoms with Gasteiger partial charge < -0.3 is 14.5 Å². The monoisotopic (exact) mass is 457 g/mol. The summed E-state index contributed by atoms with van der Waals surface area (Å²) in [7, 11) is 0. The van der Waals surface area contributed by atoms with E-state index in [1.807, 2.05) is 12.1 Å². The van der Waals surface area contributed by atoms with Crippen molar-refractivity contribution in [3.8, 4) is 0 Å². The van der Waals surface area contributed by atoms with Gasteiger partial charge in [-0.2, -0.15) is 9.78 Å². The van der Waals surface area contributed by atoms with Crippen LogP contribution in [0.25, 0.3) is 0 Å². The molecular formula is C23H28ClN5O3. The first kappa shape index (κ1) is 21.4. The average Bonchev–Trinajstić information content (AvgIpc) is 3.50. The topological polar surface area (TPSA) is 70.9 Å². The van der Waals surface area contributed by atoms with Crippen molar-refractivity contribution in [3.05, 3.63) is 46.7 Å². The highest BCUT2D eigenvalue weighted by Gasteiger charge is 2.38. The summed E-state index contributed by atoms with van der Waals surface area (Å²) >= 11 is 6.66. The highest BCUT2D eigenvalue weighted by atomic mass is 35.5. The van der Waals surface area contributed by atoms with Gasteiger partial charge in [-0.15, -0.1) is 0 Å². The highest BCUT2D eigenvalue weighted by molar-refractivity contribution is 6.33. The molecule has 3 fully saturated rings. The molecule has 2 aromatic rings. The smallest absolute Gasteiger partial charge is 0.344 e. The molecule has 2 atom stereocenters. The molecule has 4 heterocycles. The predicted molar refractivity (Wildman–Crippen MR) is 121 cm³/mol. The SMILES string of the molecule is CC(=O)c1ccn(C(=O)N2CCN(Cc3cccc(Cl)c3N3CC4COCC4C3)CC2)n1. The number of Topliss-reactive ketones (excluding diaryl/α,β-unsaturated/α-hetero) is 1. The minimum Gasteiger partial charge on any atom is -0.381 e. The van der Waals surface area contributed by atoms with Crippen LogP contribution in [0.15, 0.2) is 30.5 Å². The number of anilines is 1. The molecule has 0 radical (unpaired) electrons. The largest absolute Gasteiger partial charge is 0.381 e. The lowest BCUT2D eigenvalue weighted by atomic mass is 10.0. The number of carbonyl (C=O) groups is 2. The summed E-state index contributed by atoms with van der Waals surface area (Å²) in [4.78, 5) is 30.8. The Morgan fingerprint density at radius 3 is 2.47 bits per heavy atom. The Morgan fingerprint density at radius 2 is 1.81 bits per heavy atom. The van der Waals surface area contributed by atoms with E-state index in [1.54, 1.807) is 17.2 Å². The standard InChI is InChI=1S/C23H28ClN5O3/c1-16(30)21-5-6-29(25-21)23(31)27-9-7-26(8-10-27)11-17-3-2-4-20(24)22(17)28-12-18-14-32-15-19(18)13-28/h2-6,18-19H,7-15H2,1H3. The molecular weight excluding hydrogens is 430 g/mol. The number of carbonyl (C=O) groups excluding carboxylic acids is 2. The maximum Gasteiger partial charge on any atom is 0.344 e. The lowest BCUT2D eigenvalue weighted by molar-refractivity contribution is 0.101. The first-order valence-corrected chi connectivity index (χ1v) is 11.6. The van der Waals surface area contributed by atoms with Crippen LogP contribution in [-0.2, 0) is 11.3 Å². The van der Waals surface area contributed by atoms with Crippen LogP contribution in [0.4, 0.5) is 10.5 Å². The van der Waals surface area contributed by atoms with Crippen LogP contribution in [0.1, 0.15) is 23.0 Å². The molecule has 8 nitrogen and oxygen atoms in total. The van der Waals surface area contributed by atoms with E-state index in [1.165, 1.54) is 17.2 Å². The number of halogens is 1. The Morgan fingerprint density at radius 1 is 1.09 bits per heavy atom. The number of amides is 1. The van der Waals surface area contributed by atoms with Crippen molar-refractivity contribution in [2.45, 2.75) is 13.5 Å². The third kappa shape index (κ3) is 4.14. The van der Waals surface area contributed by atoms with Crippen LogP contribution in [-0.4, -0.2) is 83.9 Å². The Hall–Kier alpha value is -2.42. The lowest BCUT2D eigenvalue weighted by Crippen LogP contribution is -2.49. The quantitative estimate of drug-likeness (QED) is 0.657. The summed E-state index contributed by atoms with van der Waals surface area (Å²) in [6.07, 6.45) is 1.56. The highest BCUT2D eigenvalue weighted by Crippen LogP contribution is 2.38. The molecule has 3 aliphatic heterocycles. The molecule has 1 amide bonds. The van der Waals surface area contributed by atoms with Crippen molar-refractivity contribution < 1.29 is 14.3 Å². The number of fused-ring (bicyclic) bond motifs is 1. The Labute approximate surface area is 192 Å². The summed E-state index contributed by atoms with van der Waals surface area (Å²) in [5.74, 6) is 1.05. The van der Waals surface area contributed by atoms with Crippen molar-refractivity contribution in [3.63, 3.8) is 0 Å². The first-order chi connectivity index (χ1) is 15.5. The van der Waals surface area contributed by atoms with Gasteiger partial charge in [0, 0.05) is 70.8 Å². The summed E-state index contributed by atoms with van der Waals surface area (Å²) in [5.41, 5.74) is 2.69. The third-order valence-electron chi connectivity index (χ3n) is 6.81. The second-order valence-corrected chi connectivity index (χ2v) is 9.36. The number of hydrogen-bond acceptors (Lipinski definition) is 6. The van der Waals surface area contributed by atoms with Crippen molar-refractivity contribution in [1.29, 1.82) is 0 Å². The zero-order chi connectivity index (χ0) is 22.2. The van der Waals surface area contributed by atoms with E-state index in [4.69, 9.17) is 16.3 Å². The summed E-state index contributed by atoms with van der Waals surface area (Å²) < 4.78 is 6.89. The van der Waals surface area contributed by atoms with Crippen molar-refractivity contribution in [2.24, 2.45) is 11.8 Å². The molecule has 1 aromatic heterocycles. The number of ether oxygens (including phenoxy) is 1. The summed E-state index contributed by atoms with van der Waals surface area (Å²) in [6, 6.07) is 7.55. The number of piperazine rings is 1. The fourth-order valence-electron chi connectivity index (χ4n) is 5.01. The fourth-order valence-corrected chi connectivity index (χ4v) is 5.33. The fraction of sp³-hybridized carbons (Fsp3) is 0.522. The van der Waals surface area contributed by atoms with E-state index in [0.29, 0.717) is 30.6 Å². The maximum absolute atomic E-state index is 12.7. The van der Waals surface area contributed by atoms with Crippen molar-refractivity contribution in [2.75, 3.05) is 57.4 Å². The molecule has 0 saturated carbocycles. The van der Waals surface area contributed by atoms with Gasteiger partial charge in [-0.3, -0.25) is 9.69 Å². The summed E-state index contributed by atoms with van der Waals surface area (Å²) in [6.45, 7) is 8.73. The molecule has 170 valence electrons. The van der Waals surface area contributed by atoms with Crippen LogP contribution in [0.3, 0.4) is 0 Å². The molecule has 9 heteroatoms. The summed E-state index contributed by atoms with van der Waals surface area (Å²) in [5, 5.41) is 4.90. The lowest BCUT2D eigenvalue weighted by Gasteiger charge is -2.35. The number of para-hydroxylation sites is 1. The van der Waals surface area contributed by atoms with Gasteiger partial charge in [0.15, 0.2) is 5.78 Å². The van der Waals surface area contributed by atoms with E-state index in [9.17, 15) is 9.59 Å². The van der Waals surface area contributed by atoms with Crippen molar-refractivity contribution in [1.82, 2.24) is 19.6 Å². The van der Waals surface area contributed by atoms with Crippen LogP contribution in [0.5, 0.6) is 0 Å². The minimum absolute atomic E-state index is 0.146. The van der Waals surface area contributed by atoms with Gasteiger partial charge in [0.25, 0.3) is 0 Å². The minimum atomic E-state index is -0.188. The van der Waals surface area contributed by atoms with Gasteiger partial charge in [0.2, 0.25) is 0 Å². The van der Waals surface area contributed by atoms with E-state index in [-0.39, 0.29) is 11.8 Å². The average molecular weight is 458 g/mol. The molecule has 0 aliphatic carbocycles. The molecule has 2 unspecified atom stereocenters. The molecule has 32 heavy (non-hydrogen) atoms. The second kappa shape index (κ2) is 8.84. The number of hydrogen-bond donors (Lipinski definition) is 0. The van der Waals surface area contributed by atoms with Crippen LogP contribution >= 0.6 is 11.6 Å². The Balaban J connectivity index is 1.22. The van der Waals surface area contributed by atoms with Gasteiger partial charge in [0.1, 0.15) is 5.69 Å². The normalized spacial score (nSPS) is 23.6. The second-order valence-electron chi connectivity index (χ2n) is 8.96. The van der Waals surface area contributed by atoms with E-state index in [0.717, 1.165) is 56.6 Å². The molecule has 3 aliphatic rings. The number of nitrogens with zero attached hydrogens (tertiary/aromatic N) is 5. The molecule has 5 rings (SSSR count). The van der Waals surface area contributed by atoms with Crippen molar-refractivity contribution >= 4 is 29.1 Å². The van der Waals surface area contributed by atoms with E-state index < -0.39 is 0 Å². The van der Waals surface area contributed by atoms with Crippen LogP contribution < -0.4 is 4.90 Å². The van der Waals surface area contributed by atoms with Gasteiger partial charge in [-0.1, -0.05) is 23.7 Å². The Bertz CT molecular complexity index is 1000. The van der Waals surface area contributed by atoms with Crippen LogP contribution in [0, 0.1) is 11.8 Å². The molecule has 0 spiro atoms. The number of benzene rings is 1. The van der Waals surface area contributed by atoms with Gasteiger partial charge in [-0.05, 0) is 17.7 Å². The van der Waals surface area contributed by atoms with E-state index >= 15 is 0 Å². The number of ketones is 1. The number of rotatable bonds is 4. The first-order valence-electron chi connectivity index (χ1n) is 11.2.